The summed E-state index contributed by atoms with van der Waals surface area (Å²) in [7, 11) is 0. The smallest absolute Gasteiger partial charge is 0.168 e. The van der Waals surface area contributed by atoms with E-state index in [-0.39, 0.29) is 11.2 Å². The highest BCUT2D eigenvalue weighted by molar-refractivity contribution is 5.36. The fourth-order valence-corrected chi connectivity index (χ4v) is 1.73. The summed E-state index contributed by atoms with van der Waals surface area (Å²) in [6.45, 7) is 10.5. The molecular weight excluding hydrogens is 234 g/mol. The summed E-state index contributed by atoms with van der Waals surface area (Å²) in [5.41, 5.74) is 0.552. The number of ether oxygens (including phenoxy) is 1. The van der Waals surface area contributed by atoms with Gasteiger partial charge in [0.2, 0.25) is 0 Å². The van der Waals surface area contributed by atoms with Gasteiger partial charge in [0.25, 0.3) is 0 Å². The molecule has 1 aromatic carbocycles. The first-order valence-corrected chi connectivity index (χ1v) is 6.30. The summed E-state index contributed by atoms with van der Waals surface area (Å²) in [4.78, 5) is 0. The van der Waals surface area contributed by atoms with Crippen LogP contribution in [0.2, 0.25) is 0 Å². The van der Waals surface area contributed by atoms with Crippen LogP contribution in [0.15, 0.2) is 12.1 Å². The molecule has 0 radical (unpaired) electrons. The van der Waals surface area contributed by atoms with Crippen molar-refractivity contribution in [3.63, 3.8) is 0 Å². The summed E-state index contributed by atoms with van der Waals surface area (Å²) in [6, 6.07) is 2.24. The lowest BCUT2D eigenvalue weighted by Gasteiger charge is -2.21. The van der Waals surface area contributed by atoms with Crippen molar-refractivity contribution >= 4 is 0 Å². The molecule has 0 atom stereocenters. The fourth-order valence-electron chi connectivity index (χ4n) is 1.73. The van der Waals surface area contributed by atoms with Gasteiger partial charge in [-0.15, -0.1) is 0 Å². The lowest BCUT2D eigenvalue weighted by molar-refractivity contribution is 0.252. The van der Waals surface area contributed by atoms with Gasteiger partial charge in [0.15, 0.2) is 11.6 Å². The van der Waals surface area contributed by atoms with Gasteiger partial charge in [0, 0.05) is 11.6 Å². The van der Waals surface area contributed by atoms with E-state index in [1.54, 1.807) is 0 Å². The van der Waals surface area contributed by atoms with Gasteiger partial charge in [-0.2, -0.15) is 0 Å². The quantitative estimate of drug-likeness (QED) is 0.765. The van der Waals surface area contributed by atoms with Crippen LogP contribution in [-0.2, 0) is 6.42 Å². The maximum atomic E-state index is 13.8. The third kappa shape index (κ3) is 4.63. The number of halogens is 2. The average molecular weight is 256 g/mol. The second-order valence-electron chi connectivity index (χ2n) is 6.32. The molecule has 18 heavy (non-hydrogen) atoms. The third-order valence-corrected chi connectivity index (χ3v) is 2.37. The van der Waals surface area contributed by atoms with Crippen molar-refractivity contribution in [1.82, 2.24) is 0 Å². The fraction of sp³-hybridized carbons (Fsp3) is 0.600. The summed E-state index contributed by atoms with van der Waals surface area (Å²) < 4.78 is 32.5. The zero-order valence-electron chi connectivity index (χ0n) is 11.8. The summed E-state index contributed by atoms with van der Waals surface area (Å²) in [5.74, 6) is -0.671. The summed E-state index contributed by atoms with van der Waals surface area (Å²) in [6.07, 6.45) is 0.578. The maximum absolute atomic E-state index is 13.8. The van der Waals surface area contributed by atoms with E-state index in [4.69, 9.17) is 4.74 Å². The molecule has 3 heteroatoms. The maximum Gasteiger partial charge on any atom is 0.168 e. The first kappa shape index (κ1) is 14.9. The molecule has 0 unspecified atom stereocenters. The highest BCUT2D eigenvalue weighted by Gasteiger charge is 2.19. The first-order chi connectivity index (χ1) is 8.19. The van der Waals surface area contributed by atoms with Crippen LogP contribution in [0.25, 0.3) is 0 Å². The van der Waals surface area contributed by atoms with E-state index in [0.717, 1.165) is 6.07 Å². The highest BCUT2D eigenvalue weighted by atomic mass is 19.1. The second kappa shape index (κ2) is 5.68. The largest absolute Gasteiger partial charge is 0.490 e. The van der Waals surface area contributed by atoms with Crippen molar-refractivity contribution in [2.24, 2.45) is 11.3 Å². The van der Waals surface area contributed by atoms with Gasteiger partial charge in [0.1, 0.15) is 5.82 Å². The zero-order chi connectivity index (χ0) is 13.9. The molecule has 1 nitrogen and oxygen atoms in total. The SMILES string of the molecule is CC(C)COc1c(F)cc(F)cc1CC(C)(C)C. The Morgan fingerprint density at radius 3 is 2.28 bits per heavy atom. The minimum absolute atomic E-state index is 0.0455. The predicted molar refractivity (Wildman–Crippen MR) is 69.9 cm³/mol. The van der Waals surface area contributed by atoms with E-state index < -0.39 is 11.6 Å². The van der Waals surface area contributed by atoms with Crippen molar-refractivity contribution in [1.29, 1.82) is 0 Å². The summed E-state index contributed by atoms with van der Waals surface area (Å²) in [5, 5.41) is 0. The van der Waals surface area contributed by atoms with Crippen LogP contribution < -0.4 is 4.74 Å². The van der Waals surface area contributed by atoms with Crippen molar-refractivity contribution < 1.29 is 13.5 Å². The Morgan fingerprint density at radius 2 is 1.78 bits per heavy atom. The molecular formula is C15H22F2O. The monoisotopic (exact) mass is 256 g/mol. The molecule has 0 spiro atoms. The van der Waals surface area contributed by atoms with Gasteiger partial charge >= 0.3 is 0 Å². The minimum Gasteiger partial charge on any atom is -0.490 e. The lowest BCUT2D eigenvalue weighted by atomic mass is 9.87. The van der Waals surface area contributed by atoms with Crippen LogP contribution in [-0.4, -0.2) is 6.61 Å². The van der Waals surface area contributed by atoms with Crippen LogP contribution in [0.1, 0.15) is 40.2 Å². The Hall–Kier alpha value is -1.12. The number of rotatable bonds is 4. The highest BCUT2D eigenvalue weighted by Crippen LogP contribution is 2.31. The van der Waals surface area contributed by atoms with Crippen molar-refractivity contribution in [2.45, 2.75) is 41.0 Å². The van der Waals surface area contributed by atoms with Gasteiger partial charge in [0.05, 0.1) is 6.61 Å². The van der Waals surface area contributed by atoms with Gasteiger partial charge in [-0.1, -0.05) is 34.6 Å². The Morgan fingerprint density at radius 1 is 1.17 bits per heavy atom. The molecule has 0 saturated carbocycles. The van der Waals surface area contributed by atoms with Crippen molar-refractivity contribution in [3.05, 3.63) is 29.3 Å². The molecule has 1 aromatic rings. The average Bonchev–Trinajstić information content (AvgIpc) is 2.12. The number of benzene rings is 1. The van der Waals surface area contributed by atoms with E-state index in [1.165, 1.54) is 6.07 Å². The van der Waals surface area contributed by atoms with Crippen LogP contribution >= 0.6 is 0 Å². The van der Waals surface area contributed by atoms with Gasteiger partial charge < -0.3 is 4.74 Å². The van der Waals surface area contributed by atoms with E-state index >= 15 is 0 Å². The van der Waals surface area contributed by atoms with Gasteiger partial charge in [-0.3, -0.25) is 0 Å². The molecule has 0 aliphatic rings. The van der Waals surface area contributed by atoms with Gasteiger partial charge in [-0.05, 0) is 23.8 Å². The molecule has 0 fully saturated rings. The van der Waals surface area contributed by atoms with Crippen LogP contribution in [0.3, 0.4) is 0 Å². The van der Waals surface area contributed by atoms with Crippen LogP contribution in [0, 0.1) is 23.0 Å². The molecule has 0 N–H and O–H groups in total. The molecule has 0 aliphatic carbocycles. The number of hydrogen-bond acceptors (Lipinski definition) is 1. The Kier molecular flexibility index (Phi) is 4.71. The molecule has 0 bridgehead atoms. The standard InChI is InChI=1S/C15H22F2O/c1-10(2)9-18-14-11(8-15(3,4)5)6-12(16)7-13(14)17/h6-7,10H,8-9H2,1-5H3. The molecule has 0 saturated heterocycles. The van der Waals surface area contributed by atoms with E-state index in [9.17, 15) is 8.78 Å². The molecule has 0 aliphatic heterocycles. The third-order valence-electron chi connectivity index (χ3n) is 2.37. The van der Waals surface area contributed by atoms with E-state index in [2.05, 4.69) is 0 Å². The topological polar surface area (TPSA) is 9.23 Å². The second-order valence-corrected chi connectivity index (χ2v) is 6.32. The van der Waals surface area contributed by atoms with E-state index in [0.29, 0.717) is 24.5 Å². The van der Waals surface area contributed by atoms with Gasteiger partial charge in [-0.25, -0.2) is 8.78 Å². The Labute approximate surface area is 108 Å². The predicted octanol–water partition coefficient (Wildman–Crippen LogP) is 4.59. The first-order valence-electron chi connectivity index (χ1n) is 6.30. The minimum atomic E-state index is -0.616. The lowest BCUT2D eigenvalue weighted by Crippen LogP contribution is -2.13. The normalized spacial score (nSPS) is 12.0. The molecule has 102 valence electrons. The van der Waals surface area contributed by atoms with Crippen molar-refractivity contribution in [2.75, 3.05) is 6.61 Å². The van der Waals surface area contributed by atoms with Crippen LogP contribution in [0.5, 0.6) is 5.75 Å². The molecule has 0 heterocycles. The molecule has 1 rings (SSSR count). The van der Waals surface area contributed by atoms with Crippen molar-refractivity contribution in [3.8, 4) is 5.75 Å². The van der Waals surface area contributed by atoms with E-state index in [1.807, 2.05) is 34.6 Å². The molecule has 0 amide bonds. The number of hydrogen-bond donors (Lipinski definition) is 0. The Balaban J connectivity index is 3.05. The van der Waals surface area contributed by atoms with Crippen LogP contribution in [0.4, 0.5) is 8.78 Å². The Bertz CT molecular complexity index is 406. The summed E-state index contributed by atoms with van der Waals surface area (Å²) >= 11 is 0. The zero-order valence-corrected chi connectivity index (χ0v) is 11.8. The molecule has 0 aromatic heterocycles.